The number of nitrogens with two attached hydrogens (primary N) is 1. The van der Waals surface area contributed by atoms with Gasteiger partial charge in [-0.2, -0.15) is 5.10 Å². The summed E-state index contributed by atoms with van der Waals surface area (Å²) >= 11 is 0. The van der Waals surface area contributed by atoms with Crippen molar-refractivity contribution in [1.82, 2.24) is 24.6 Å². The Kier molecular flexibility index (Phi) is 3.08. The number of nitrogens with zero attached hydrogens (tertiary/aromatic N) is 4. The highest BCUT2D eigenvalue weighted by Crippen LogP contribution is 1.97. The van der Waals surface area contributed by atoms with E-state index in [4.69, 9.17) is 5.73 Å². The summed E-state index contributed by atoms with van der Waals surface area (Å²) in [5.41, 5.74) is 6.54. The zero-order chi connectivity index (χ0) is 12.3. The standard InChI is InChI=1S/C10H14N6O/c1-15-6-9(13-7-15)10(17)12-2-3-16-5-8(11)4-14-16/h4-7H,2-3,11H2,1H3,(H,12,17). The van der Waals surface area contributed by atoms with Crippen molar-refractivity contribution in [1.29, 1.82) is 0 Å². The van der Waals surface area contributed by atoms with Gasteiger partial charge in [-0.15, -0.1) is 0 Å². The molecule has 0 bridgehead atoms. The van der Waals surface area contributed by atoms with Gasteiger partial charge in [-0.25, -0.2) is 4.98 Å². The molecule has 7 nitrogen and oxygen atoms in total. The molecule has 0 atom stereocenters. The lowest BCUT2D eigenvalue weighted by Gasteiger charge is -2.03. The van der Waals surface area contributed by atoms with Crippen LogP contribution in [-0.2, 0) is 13.6 Å². The number of amides is 1. The molecule has 0 aromatic carbocycles. The summed E-state index contributed by atoms with van der Waals surface area (Å²) in [4.78, 5) is 15.6. The van der Waals surface area contributed by atoms with Crippen LogP contribution in [0.3, 0.4) is 0 Å². The van der Waals surface area contributed by atoms with Crippen LogP contribution in [0.15, 0.2) is 24.9 Å². The van der Waals surface area contributed by atoms with E-state index in [0.29, 0.717) is 24.5 Å². The molecule has 2 aromatic rings. The largest absolute Gasteiger partial charge is 0.396 e. The number of hydrogen-bond acceptors (Lipinski definition) is 4. The number of hydrogen-bond donors (Lipinski definition) is 2. The normalized spacial score (nSPS) is 10.4. The van der Waals surface area contributed by atoms with Gasteiger partial charge in [-0.1, -0.05) is 0 Å². The zero-order valence-corrected chi connectivity index (χ0v) is 9.50. The average molecular weight is 234 g/mol. The first kappa shape index (κ1) is 11.2. The van der Waals surface area contributed by atoms with Crippen molar-refractivity contribution in [3.8, 4) is 0 Å². The van der Waals surface area contributed by atoms with E-state index < -0.39 is 0 Å². The fourth-order valence-corrected chi connectivity index (χ4v) is 1.41. The smallest absolute Gasteiger partial charge is 0.271 e. The summed E-state index contributed by atoms with van der Waals surface area (Å²) in [6, 6.07) is 0. The van der Waals surface area contributed by atoms with Crippen LogP contribution in [-0.4, -0.2) is 31.8 Å². The highest BCUT2D eigenvalue weighted by Gasteiger charge is 2.07. The molecule has 0 saturated carbocycles. The van der Waals surface area contributed by atoms with E-state index in [1.807, 2.05) is 7.05 Å². The van der Waals surface area contributed by atoms with E-state index in [1.54, 1.807) is 34.2 Å². The molecule has 0 aliphatic heterocycles. The van der Waals surface area contributed by atoms with Gasteiger partial charge in [-0.3, -0.25) is 9.48 Å². The number of anilines is 1. The zero-order valence-electron chi connectivity index (χ0n) is 9.50. The van der Waals surface area contributed by atoms with E-state index in [2.05, 4.69) is 15.4 Å². The quantitative estimate of drug-likeness (QED) is 0.755. The van der Waals surface area contributed by atoms with E-state index in [0.717, 1.165) is 0 Å². The lowest BCUT2D eigenvalue weighted by molar-refractivity contribution is 0.0947. The Hall–Kier alpha value is -2.31. The van der Waals surface area contributed by atoms with Gasteiger partial charge in [0.05, 0.1) is 24.8 Å². The summed E-state index contributed by atoms with van der Waals surface area (Å²) in [7, 11) is 1.82. The molecule has 0 spiro atoms. The predicted molar refractivity (Wildman–Crippen MR) is 62.2 cm³/mol. The molecule has 2 heterocycles. The van der Waals surface area contributed by atoms with Gasteiger partial charge < -0.3 is 15.6 Å². The first-order chi connectivity index (χ1) is 8.15. The van der Waals surface area contributed by atoms with Crippen LogP contribution in [0.4, 0.5) is 5.69 Å². The highest BCUT2D eigenvalue weighted by atomic mass is 16.1. The van der Waals surface area contributed by atoms with Crippen LogP contribution in [0.1, 0.15) is 10.5 Å². The third-order valence-electron chi connectivity index (χ3n) is 2.22. The van der Waals surface area contributed by atoms with Gasteiger partial charge >= 0.3 is 0 Å². The maximum Gasteiger partial charge on any atom is 0.271 e. The second-order valence-electron chi connectivity index (χ2n) is 3.72. The first-order valence-electron chi connectivity index (χ1n) is 5.19. The van der Waals surface area contributed by atoms with Crippen molar-refractivity contribution in [3.05, 3.63) is 30.6 Å². The van der Waals surface area contributed by atoms with Crippen molar-refractivity contribution in [2.45, 2.75) is 6.54 Å². The third kappa shape index (κ3) is 2.83. The Morgan fingerprint density at radius 3 is 2.94 bits per heavy atom. The molecule has 0 aliphatic carbocycles. The molecule has 7 heteroatoms. The molecule has 90 valence electrons. The molecule has 2 rings (SSSR count). The van der Waals surface area contributed by atoms with Crippen LogP contribution in [0, 0.1) is 0 Å². The monoisotopic (exact) mass is 234 g/mol. The van der Waals surface area contributed by atoms with Crippen molar-refractivity contribution in [2.24, 2.45) is 7.05 Å². The summed E-state index contributed by atoms with van der Waals surface area (Å²) in [5, 5.41) is 6.76. The second kappa shape index (κ2) is 4.69. The van der Waals surface area contributed by atoms with Gasteiger partial charge in [0.1, 0.15) is 5.69 Å². The molecular weight excluding hydrogens is 220 g/mol. The van der Waals surface area contributed by atoms with Crippen LogP contribution in [0.2, 0.25) is 0 Å². The van der Waals surface area contributed by atoms with E-state index in [1.165, 1.54) is 0 Å². The van der Waals surface area contributed by atoms with Crippen LogP contribution < -0.4 is 11.1 Å². The summed E-state index contributed by atoms with van der Waals surface area (Å²) in [6.07, 6.45) is 6.54. The Morgan fingerprint density at radius 1 is 1.53 bits per heavy atom. The highest BCUT2D eigenvalue weighted by molar-refractivity contribution is 5.91. The minimum absolute atomic E-state index is 0.189. The van der Waals surface area contributed by atoms with Crippen LogP contribution >= 0.6 is 0 Å². The van der Waals surface area contributed by atoms with Crippen molar-refractivity contribution in [3.63, 3.8) is 0 Å². The SMILES string of the molecule is Cn1cnc(C(=O)NCCn2cc(N)cn2)c1. The Morgan fingerprint density at radius 2 is 2.35 bits per heavy atom. The van der Waals surface area contributed by atoms with Gasteiger partial charge in [0.2, 0.25) is 0 Å². The summed E-state index contributed by atoms with van der Waals surface area (Å²) in [5.74, 6) is -0.189. The summed E-state index contributed by atoms with van der Waals surface area (Å²) in [6.45, 7) is 1.06. The van der Waals surface area contributed by atoms with Crippen LogP contribution in [0.25, 0.3) is 0 Å². The molecule has 2 aromatic heterocycles. The third-order valence-corrected chi connectivity index (χ3v) is 2.22. The van der Waals surface area contributed by atoms with Crippen molar-refractivity contribution >= 4 is 11.6 Å². The predicted octanol–water partition coefficient (Wildman–Crippen LogP) is -0.371. The Labute approximate surface area is 98.2 Å². The topological polar surface area (TPSA) is 90.8 Å². The van der Waals surface area contributed by atoms with Gasteiger partial charge in [0.25, 0.3) is 5.91 Å². The van der Waals surface area contributed by atoms with Gasteiger partial charge in [-0.05, 0) is 0 Å². The summed E-state index contributed by atoms with van der Waals surface area (Å²) < 4.78 is 3.40. The second-order valence-corrected chi connectivity index (χ2v) is 3.72. The number of carbonyl (C=O) groups excluding carboxylic acids is 1. The molecule has 0 fully saturated rings. The Balaban J connectivity index is 1.81. The van der Waals surface area contributed by atoms with E-state index in [-0.39, 0.29) is 5.91 Å². The Bertz CT molecular complexity index is 514. The average Bonchev–Trinajstić information content (AvgIpc) is 2.88. The lowest BCUT2D eigenvalue weighted by atomic mass is 10.4. The molecular formula is C10H14N6O. The minimum Gasteiger partial charge on any atom is -0.396 e. The number of imidazole rings is 1. The number of carbonyl (C=O) groups is 1. The van der Waals surface area contributed by atoms with Crippen molar-refractivity contribution < 1.29 is 4.79 Å². The van der Waals surface area contributed by atoms with Crippen molar-refractivity contribution in [2.75, 3.05) is 12.3 Å². The number of nitrogens with one attached hydrogen (secondary N) is 1. The lowest BCUT2D eigenvalue weighted by Crippen LogP contribution is -2.27. The number of rotatable bonds is 4. The fraction of sp³-hybridized carbons (Fsp3) is 0.300. The maximum absolute atomic E-state index is 11.6. The first-order valence-corrected chi connectivity index (χ1v) is 5.19. The maximum atomic E-state index is 11.6. The van der Waals surface area contributed by atoms with E-state index >= 15 is 0 Å². The molecule has 0 saturated heterocycles. The molecule has 17 heavy (non-hydrogen) atoms. The molecule has 3 N–H and O–H groups in total. The van der Waals surface area contributed by atoms with Crippen LogP contribution in [0.5, 0.6) is 0 Å². The van der Waals surface area contributed by atoms with Gasteiger partial charge in [0.15, 0.2) is 0 Å². The molecule has 0 unspecified atom stereocenters. The fourth-order valence-electron chi connectivity index (χ4n) is 1.41. The number of aromatic nitrogens is 4. The molecule has 0 radical (unpaired) electrons. The minimum atomic E-state index is -0.189. The van der Waals surface area contributed by atoms with Gasteiger partial charge in [0, 0.05) is 26.0 Å². The molecule has 0 aliphatic rings. The van der Waals surface area contributed by atoms with E-state index in [9.17, 15) is 4.79 Å². The number of nitrogen functional groups attached to an aromatic ring is 1. The molecule has 1 amide bonds. The number of aryl methyl sites for hydroxylation is 1.